The second-order valence-corrected chi connectivity index (χ2v) is 11.5. The summed E-state index contributed by atoms with van der Waals surface area (Å²) in [4.78, 5) is 24.8. The van der Waals surface area contributed by atoms with Crippen LogP contribution in [0.1, 0.15) is 80.1 Å². The van der Waals surface area contributed by atoms with Gasteiger partial charge in [0.05, 0.1) is 6.04 Å². The maximum atomic E-state index is 12.7. The molecule has 3 N–H and O–H groups in total. The van der Waals surface area contributed by atoms with Crippen LogP contribution in [0.25, 0.3) is 0 Å². The molecule has 0 aromatic carbocycles. The molecule has 31 heavy (non-hydrogen) atoms. The van der Waals surface area contributed by atoms with Crippen LogP contribution in [0.2, 0.25) is 0 Å². The van der Waals surface area contributed by atoms with Crippen molar-refractivity contribution in [2.45, 2.75) is 109 Å². The molecule has 0 aromatic rings. The summed E-state index contributed by atoms with van der Waals surface area (Å²) in [5.41, 5.74) is -0.673. The quantitative estimate of drug-likeness (QED) is 0.526. The molecule has 3 unspecified atom stereocenters. The van der Waals surface area contributed by atoms with Crippen LogP contribution in [0.3, 0.4) is 0 Å². The van der Waals surface area contributed by atoms with Crippen molar-refractivity contribution in [3.63, 3.8) is 0 Å². The first-order chi connectivity index (χ1) is 14.4. The Balaban J connectivity index is 1.51. The van der Waals surface area contributed by atoms with Crippen molar-refractivity contribution in [2.75, 3.05) is 0 Å². The first kappa shape index (κ1) is 24.1. The van der Waals surface area contributed by atoms with Crippen LogP contribution in [-0.2, 0) is 9.53 Å². The molecule has 0 aromatic heterocycles. The van der Waals surface area contributed by atoms with Crippen LogP contribution in [-0.4, -0.2) is 51.5 Å². The molecule has 2 aliphatic heterocycles. The van der Waals surface area contributed by atoms with Crippen molar-refractivity contribution >= 4 is 12.0 Å². The van der Waals surface area contributed by atoms with Gasteiger partial charge in [0.15, 0.2) is 0 Å². The number of amides is 2. The van der Waals surface area contributed by atoms with E-state index in [-0.39, 0.29) is 29.6 Å². The molecule has 4 fully saturated rings. The summed E-state index contributed by atoms with van der Waals surface area (Å²) in [5.74, 6) is 1.32. The average molecular weight is 436 g/mol. The lowest BCUT2D eigenvalue weighted by atomic mass is 9.57. The minimum atomic E-state index is -0.543. The van der Waals surface area contributed by atoms with E-state index in [1.165, 1.54) is 0 Å². The number of carbonyl (C=O) groups excluding carboxylic acids is 2. The van der Waals surface area contributed by atoms with Gasteiger partial charge in [-0.3, -0.25) is 4.79 Å². The Morgan fingerprint density at radius 2 is 1.84 bits per heavy atom. The zero-order chi connectivity index (χ0) is 23.0. The SMILES string of the molecule is CC(C)CC(C=CCC(=O)NC1C2CC3CC1CC(C)(C2)N3O)NC(=O)OC(C)(C)C. The molecule has 4 bridgehead atoms. The third-order valence-electron chi connectivity index (χ3n) is 6.89. The van der Waals surface area contributed by atoms with Gasteiger partial charge in [-0.1, -0.05) is 26.0 Å². The van der Waals surface area contributed by atoms with Gasteiger partial charge >= 0.3 is 6.09 Å². The lowest BCUT2D eigenvalue weighted by Crippen LogP contribution is -2.69. The van der Waals surface area contributed by atoms with Gasteiger partial charge in [0, 0.05) is 24.0 Å². The van der Waals surface area contributed by atoms with Crippen LogP contribution in [0, 0.1) is 17.8 Å². The van der Waals surface area contributed by atoms with Crippen molar-refractivity contribution < 1.29 is 19.5 Å². The topological polar surface area (TPSA) is 90.9 Å². The fraction of sp³-hybridized carbons (Fsp3) is 0.833. The summed E-state index contributed by atoms with van der Waals surface area (Å²) in [6.07, 6.45) is 8.19. The Bertz CT molecular complexity index is 683. The zero-order valence-electron chi connectivity index (χ0n) is 20.0. The van der Waals surface area contributed by atoms with Crippen LogP contribution < -0.4 is 10.6 Å². The summed E-state index contributed by atoms with van der Waals surface area (Å²) in [6, 6.07) is 0.288. The lowest BCUT2D eigenvalue weighted by Gasteiger charge is -2.62. The molecular formula is C24H41N3O4. The second kappa shape index (κ2) is 9.10. The number of nitrogens with zero attached hydrogens (tertiary/aromatic N) is 1. The summed E-state index contributed by atoms with van der Waals surface area (Å²) < 4.78 is 5.36. The first-order valence-corrected chi connectivity index (χ1v) is 11.8. The third kappa shape index (κ3) is 6.01. The Labute approximate surface area is 186 Å². The summed E-state index contributed by atoms with van der Waals surface area (Å²) in [7, 11) is 0. The van der Waals surface area contributed by atoms with E-state index in [0.29, 0.717) is 24.2 Å². The molecule has 7 nitrogen and oxygen atoms in total. The Hall–Kier alpha value is -1.60. The van der Waals surface area contributed by atoms with E-state index in [0.717, 1.165) is 32.1 Å². The Morgan fingerprint density at radius 1 is 1.23 bits per heavy atom. The van der Waals surface area contributed by atoms with E-state index < -0.39 is 11.7 Å². The zero-order valence-corrected chi connectivity index (χ0v) is 20.0. The molecule has 2 aliphatic carbocycles. The van der Waals surface area contributed by atoms with Gasteiger partial charge in [-0.25, -0.2) is 4.79 Å². The monoisotopic (exact) mass is 435 g/mol. The number of carbonyl (C=O) groups is 2. The Kier molecular flexibility index (Phi) is 7.06. The van der Waals surface area contributed by atoms with Gasteiger partial charge in [0.2, 0.25) is 5.91 Å². The van der Waals surface area contributed by atoms with E-state index in [9.17, 15) is 14.8 Å². The minimum Gasteiger partial charge on any atom is -0.444 e. The van der Waals surface area contributed by atoms with Crippen molar-refractivity contribution in [3.8, 4) is 0 Å². The molecule has 2 heterocycles. The fourth-order valence-corrected chi connectivity index (χ4v) is 5.91. The molecule has 2 amide bonds. The van der Waals surface area contributed by atoms with Crippen LogP contribution >= 0.6 is 0 Å². The normalized spacial score (nSPS) is 33.7. The average Bonchev–Trinajstić information content (AvgIpc) is 2.58. The molecule has 2 saturated carbocycles. The van der Waals surface area contributed by atoms with E-state index in [4.69, 9.17) is 4.74 Å². The van der Waals surface area contributed by atoms with E-state index in [2.05, 4.69) is 31.4 Å². The summed E-state index contributed by atoms with van der Waals surface area (Å²) in [5, 5.41) is 18.2. The molecule has 2 saturated heterocycles. The van der Waals surface area contributed by atoms with Gasteiger partial charge in [-0.2, -0.15) is 5.06 Å². The number of hydrogen-bond donors (Lipinski definition) is 3. The Morgan fingerprint density at radius 3 is 2.35 bits per heavy atom. The minimum absolute atomic E-state index is 0.0281. The molecule has 4 aliphatic rings. The van der Waals surface area contributed by atoms with Gasteiger partial charge in [-0.05, 0) is 77.6 Å². The fourth-order valence-electron chi connectivity index (χ4n) is 5.91. The van der Waals surface area contributed by atoms with Gasteiger partial charge < -0.3 is 20.6 Å². The standard InChI is InChI=1S/C24H41N3O4/c1-15(2)10-18(25-22(29)31-23(3,4)5)8-7-9-20(28)26-21-16-11-19-12-17(21)14-24(6,13-16)27(19)30/h7-8,15-19,21,30H,9-14H2,1-6H3,(H,25,29)(H,26,28). The highest BCUT2D eigenvalue weighted by molar-refractivity contribution is 5.78. The summed E-state index contributed by atoms with van der Waals surface area (Å²) in [6.45, 7) is 11.9. The van der Waals surface area contributed by atoms with Crippen molar-refractivity contribution in [1.29, 1.82) is 0 Å². The number of hydroxylamine groups is 2. The largest absolute Gasteiger partial charge is 0.444 e. The van der Waals surface area contributed by atoms with Gasteiger partial charge in [0.1, 0.15) is 5.60 Å². The molecule has 0 spiro atoms. The third-order valence-corrected chi connectivity index (χ3v) is 6.89. The highest BCUT2D eigenvalue weighted by Gasteiger charge is 2.57. The number of rotatable bonds is 7. The van der Waals surface area contributed by atoms with E-state index >= 15 is 0 Å². The number of piperidine rings is 2. The second-order valence-electron chi connectivity index (χ2n) is 11.5. The lowest BCUT2D eigenvalue weighted by molar-refractivity contribution is -0.274. The van der Waals surface area contributed by atoms with E-state index in [1.807, 2.05) is 32.9 Å². The molecular weight excluding hydrogens is 394 g/mol. The highest BCUT2D eigenvalue weighted by atomic mass is 16.6. The molecule has 4 rings (SSSR count). The number of hydrogen-bond acceptors (Lipinski definition) is 5. The predicted molar refractivity (Wildman–Crippen MR) is 120 cm³/mol. The van der Waals surface area contributed by atoms with Crippen LogP contribution in [0.4, 0.5) is 4.79 Å². The maximum absolute atomic E-state index is 12.7. The molecule has 7 heteroatoms. The number of alkyl carbamates (subject to hydrolysis) is 1. The molecule has 3 atom stereocenters. The smallest absolute Gasteiger partial charge is 0.408 e. The van der Waals surface area contributed by atoms with Crippen molar-refractivity contribution in [3.05, 3.63) is 12.2 Å². The molecule has 0 radical (unpaired) electrons. The van der Waals surface area contributed by atoms with Crippen LogP contribution in [0.15, 0.2) is 12.2 Å². The highest BCUT2D eigenvalue weighted by Crippen LogP contribution is 2.53. The number of nitrogens with one attached hydrogen (secondary N) is 2. The van der Waals surface area contributed by atoms with Crippen molar-refractivity contribution in [1.82, 2.24) is 15.7 Å². The molecule has 176 valence electrons. The maximum Gasteiger partial charge on any atom is 0.408 e. The van der Waals surface area contributed by atoms with E-state index in [1.54, 1.807) is 5.06 Å². The number of ether oxygens (including phenoxy) is 1. The van der Waals surface area contributed by atoms with Crippen molar-refractivity contribution in [2.24, 2.45) is 17.8 Å². The van der Waals surface area contributed by atoms with Gasteiger partial charge in [-0.15, -0.1) is 0 Å². The van der Waals surface area contributed by atoms with Gasteiger partial charge in [0.25, 0.3) is 0 Å². The van der Waals surface area contributed by atoms with Crippen LogP contribution in [0.5, 0.6) is 0 Å². The summed E-state index contributed by atoms with van der Waals surface area (Å²) >= 11 is 0. The first-order valence-electron chi connectivity index (χ1n) is 11.8. The predicted octanol–water partition coefficient (Wildman–Crippen LogP) is 4.01.